The molecule has 0 aliphatic heterocycles. The highest BCUT2D eigenvalue weighted by atomic mass is 14.8. The Hall–Kier alpha value is -0.0400. The SMILES string of the molecule is CCCCCCCCCCCCCCCCCNCCCCCCC. The van der Waals surface area contributed by atoms with Crippen LogP contribution in [-0.4, -0.2) is 13.1 Å². The third-order valence-electron chi connectivity index (χ3n) is 5.41. The van der Waals surface area contributed by atoms with Crippen LogP contribution in [0.25, 0.3) is 0 Å². The lowest BCUT2D eigenvalue weighted by atomic mass is 10.0. The predicted octanol–water partition coefficient (Wildman–Crippen LogP) is 8.42. The normalized spacial score (nSPS) is 11.3. The first-order valence-electron chi connectivity index (χ1n) is 12.1. The van der Waals surface area contributed by atoms with E-state index in [0.29, 0.717) is 0 Å². The minimum atomic E-state index is 1.24. The summed E-state index contributed by atoms with van der Waals surface area (Å²) in [5.41, 5.74) is 0. The van der Waals surface area contributed by atoms with Crippen LogP contribution in [0.2, 0.25) is 0 Å². The summed E-state index contributed by atoms with van der Waals surface area (Å²) in [5.74, 6) is 0. The van der Waals surface area contributed by atoms with Gasteiger partial charge in [0.2, 0.25) is 0 Å². The molecule has 0 rings (SSSR count). The number of rotatable bonds is 22. The van der Waals surface area contributed by atoms with Gasteiger partial charge in [0.25, 0.3) is 0 Å². The molecule has 152 valence electrons. The largest absolute Gasteiger partial charge is 0.317 e. The van der Waals surface area contributed by atoms with Crippen molar-refractivity contribution in [3.8, 4) is 0 Å². The zero-order valence-corrected chi connectivity index (χ0v) is 18.1. The first kappa shape index (κ1) is 25.0. The fourth-order valence-corrected chi connectivity index (χ4v) is 3.60. The quantitative estimate of drug-likeness (QED) is 0.193. The van der Waals surface area contributed by atoms with Crippen LogP contribution in [0, 0.1) is 0 Å². The number of hydrogen-bond donors (Lipinski definition) is 1. The van der Waals surface area contributed by atoms with Gasteiger partial charge < -0.3 is 5.32 Å². The van der Waals surface area contributed by atoms with E-state index in [1.807, 2.05) is 0 Å². The molecule has 1 N–H and O–H groups in total. The minimum Gasteiger partial charge on any atom is -0.317 e. The lowest BCUT2D eigenvalue weighted by molar-refractivity contribution is 0.523. The molecule has 0 fully saturated rings. The molecule has 0 radical (unpaired) electrons. The number of hydrogen-bond acceptors (Lipinski definition) is 1. The van der Waals surface area contributed by atoms with Crippen molar-refractivity contribution in [2.45, 2.75) is 142 Å². The Kier molecular flexibility index (Phi) is 23.9. The molecule has 0 saturated carbocycles. The molecule has 1 heteroatoms. The van der Waals surface area contributed by atoms with E-state index in [9.17, 15) is 0 Å². The number of unbranched alkanes of at least 4 members (excludes halogenated alkanes) is 18. The van der Waals surface area contributed by atoms with E-state index in [-0.39, 0.29) is 0 Å². The molecule has 25 heavy (non-hydrogen) atoms. The lowest BCUT2D eigenvalue weighted by Crippen LogP contribution is -2.16. The highest BCUT2D eigenvalue weighted by Crippen LogP contribution is 2.13. The maximum atomic E-state index is 3.61. The van der Waals surface area contributed by atoms with Gasteiger partial charge in [-0.15, -0.1) is 0 Å². The summed E-state index contributed by atoms with van der Waals surface area (Å²) in [4.78, 5) is 0. The summed E-state index contributed by atoms with van der Waals surface area (Å²) in [6, 6.07) is 0. The van der Waals surface area contributed by atoms with Gasteiger partial charge in [-0.05, 0) is 25.9 Å². The molecule has 0 aromatic rings. The van der Waals surface area contributed by atoms with Crippen LogP contribution in [0.3, 0.4) is 0 Å². The van der Waals surface area contributed by atoms with Crippen molar-refractivity contribution < 1.29 is 0 Å². The molecule has 0 spiro atoms. The fourth-order valence-electron chi connectivity index (χ4n) is 3.60. The Labute approximate surface area is 161 Å². The van der Waals surface area contributed by atoms with Crippen LogP contribution in [0.15, 0.2) is 0 Å². The lowest BCUT2D eigenvalue weighted by Gasteiger charge is -2.05. The topological polar surface area (TPSA) is 12.0 Å². The van der Waals surface area contributed by atoms with E-state index in [2.05, 4.69) is 19.2 Å². The van der Waals surface area contributed by atoms with Crippen LogP contribution < -0.4 is 5.32 Å². The highest BCUT2D eigenvalue weighted by Gasteiger charge is 1.95. The first-order chi connectivity index (χ1) is 12.4. The average Bonchev–Trinajstić information content (AvgIpc) is 2.63. The standard InChI is InChI=1S/C24H51N/c1-3-5-7-9-10-11-12-13-14-15-16-17-18-20-22-24-25-23-21-19-8-6-4-2/h25H,3-24H2,1-2H3. The van der Waals surface area contributed by atoms with Gasteiger partial charge in [-0.25, -0.2) is 0 Å². The first-order valence-corrected chi connectivity index (χ1v) is 12.1. The smallest absolute Gasteiger partial charge is 0.00489 e. The predicted molar refractivity (Wildman–Crippen MR) is 117 cm³/mol. The van der Waals surface area contributed by atoms with Crippen molar-refractivity contribution in [2.75, 3.05) is 13.1 Å². The molecule has 0 amide bonds. The Morgan fingerprint density at radius 3 is 0.840 bits per heavy atom. The van der Waals surface area contributed by atoms with E-state index in [0.717, 1.165) is 0 Å². The maximum Gasteiger partial charge on any atom is -0.00489 e. The Morgan fingerprint density at radius 2 is 0.560 bits per heavy atom. The summed E-state index contributed by atoms with van der Waals surface area (Å²) >= 11 is 0. The Bertz CT molecular complexity index is 192. The van der Waals surface area contributed by atoms with E-state index in [1.54, 1.807) is 0 Å². The van der Waals surface area contributed by atoms with E-state index < -0.39 is 0 Å². The fraction of sp³-hybridized carbons (Fsp3) is 1.00. The van der Waals surface area contributed by atoms with Crippen LogP contribution in [-0.2, 0) is 0 Å². The zero-order valence-electron chi connectivity index (χ0n) is 18.1. The van der Waals surface area contributed by atoms with E-state index >= 15 is 0 Å². The van der Waals surface area contributed by atoms with Gasteiger partial charge in [-0.2, -0.15) is 0 Å². The summed E-state index contributed by atoms with van der Waals surface area (Å²) < 4.78 is 0. The molecular formula is C24H51N. The van der Waals surface area contributed by atoms with Crippen molar-refractivity contribution in [3.63, 3.8) is 0 Å². The molecule has 1 nitrogen and oxygen atoms in total. The molecule has 0 unspecified atom stereocenters. The van der Waals surface area contributed by atoms with Gasteiger partial charge >= 0.3 is 0 Å². The highest BCUT2D eigenvalue weighted by molar-refractivity contribution is 4.52. The van der Waals surface area contributed by atoms with Crippen molar-refractivity contribution >= 4 is 0 Å². The minimum absolute atomic E-state index is 1.24. The molecule has 0 atom stereocenters. The van der Waals surface area contributed by atoms with E-state index in [4.69, 9.17) is 0 Å². The maximum absolute atomic E-state index is 3.61. The third-order valence-corrected chi connectivity index (χ3v) is 5.41. The molecule has 0 heterocycles. The van der Waals surface area contributed by atoms with Gasteiger partial charge in [0.05, 0.1) is 0 Å². The average molecular weight is 354 g/mol. The summed E-state index contributed by atoms with van der Waals surface area (Å²) in [7, 11) is 0. The van der Waals surface area contributed by atoms with Crippen molar-refractivity contribution in [3.05, 3.63) is 0 Å². The van der Waals surface area contributed by atoms with Crippen molar-refractivity contribution in [1.82, 2.24) is 5.32 Å². The molecule has 0 aromatic carbocycles. The Morgan fingerprint density at radius 1 is 0.320 bits per heavy atom. The van der Waals surface area contributed by atoms with Gasteiger partial charge in [-0.3, -0.25) is 0 Å². The summed E-state index contributed by atoms with van der Waals surface area (Å²) in [6.45, 7) is 7.07. The van der Waals surface area contributed by atoms with Crippen LogP contribution >= 0.6 is 0 Å². The molecule has 0 aliphatic carbocycles. The van der Waals surface area contributed by atoms with Crippen LogP contribution in [0.5, 0.6) is 0 Å². The number of nitrogens with one attached hydrogen (secondary N) is 1. The second kappa shape index (κ2) is 24.0. The van der Waals surface area contributed by atoms with Gasteiger partial charge in [0.1, 0.15) is 0 Å². The van der Waals surface area contributed by atoms with Crippen molar-refractivity contribution in [1.29, 1.82) is 0 Å². The second-order valence-electron chi connectivity index (χ2n) is 8.11. The molecular weight excluding hydrogens is 302 g/mol. The van der Waals surface area contributed by atoms with Crippen LogP contribution in [0.1, 0.15) is 142 Å². The molecule has 0 aliphatic rings. The zero-order chi connectivity index (χ0) is 18.3. The molecule has 0 saturated heterocycles. The van der Waals surface area contributed by atoms with Gasteiger partial charge in [-0.1, -0.05) is 129 Å². The van der Waals surface area contributed by atoms with Crippen LogP contribution in [0.4, 0.5) is 0 Å². The monoisotopic (exact) mass is 353 g/mol. The molecule has 0 bridgehead atoms. The third kappa shape index (κ3) is 24.0. The van der Waals surface area contributed by atoms with Crippen molar-refractivity contribution in [2.24, 2.45) is 0 Å². The summed E-state index contributed by atoms with van der Waals surface area (Å²) in [5, 5.41) is 3.61. The van der Waals surface area contributed by atoms with Gasteiger partial charge in [0.15, 0.2) is 0 Å². The van der Waals surface area contributed by atoms with E-state index in [1.165, 1.54) is 142 Å². The second-order valence-corrected chi connectivity index (χ2v) is 8.11. The Balaban J connectivity index is 2.94. The van der Waals surface area contributed by atoms with Gasteiger partial charge in [0, 0.05) is 0 Å². The molecule has 0 aromatic heterocycles. The summed E-state index contributed by atoms with van der Waals surface area (Å²) in [6.07, 6.45) is 28.8.